The van der Waals surface area contributed by atoms with E-state index in [-0.39, 0.29) is 11.8 Å². The fraction of sp³-hybridized carbons (Fsp3) is 0.263. The molecule has 2 rings (SSSR count). The van der Waals surface area contributed by atoms with Crippen LogP contribution in [0.5, 0.6) is 0 Å². The Morgan fingerprint density at radius 3 is 2.73 bits per heavy atom. The molecule has 2 amide bonds. The first-order valence-electron chi connectivity index (χ1n) is 8.41. The molecule has 0 aliphatic carbocycles. The molecule has 0 saturated carbocycles. The largest absolute Gasteiger partial charge is 0.352 e. The van der Waals surface area contributed by atoms with E-state index >= 15 is 0 Å². The number of amides is 2. The number of halogens is 1. The molecular weight excluding hydrogens is 396 g/mol. The summed E-state index contributed by atoms with van der Waals surface area (Å²) in [7, 11) is 0. The number of benzene rings is 1. The number of nitrogens with zero attached hydrogens (tertiary/aromatic N) is 2. The van der Waals surface area contributed by atoms with Crippen LogP contribution >= 0.6 is 15.9 Å². The number of hydrogen-bond acceptors (Lipinski definition) is 4. The van der Waals surface area contributed by atoms with Crippen molar-refractivity contribution in [3.05, 3.63) is 64.4 Å². The van der Waals surface area contributed by atoms with Gasteiger partial charge in [-0.2, -0.15) is 5.10 Å². The lowest BCUT2D eigenvalue weighted by atomic mass is 10.2. The number of pyridine rings is 1. The van der Waals surface area contributed by atoms with Gasteiger partial charge in [0, 0.05) is 35.4 Å². The third-order valence-electron chi connectivity index (χ3n) is 3.57. The van der Waals surface area contributed by atoms with Gasteiger partial charge < -0.3 is 5.32 Å². The summed E-state index contributed by atoms with van der Waals surface area (Å²) in [6, 6.07) is 11.0. The minimum absolute atomic E-state index is 0.0973. The van der Waals surface area contributed by atoms with Gasteiger partial charge in [-0.3, -0.25) is 14.6 Å². The SMILES string of the molecule is O=C(CCCCCNC(=O)c1ccccc1Br)N/N=C/c1cccnc1. The van der Waals surface area contributed by atoms with Gasteiger partial charge in [0.05, 0.1) is 11.8 Å². The normalized spacial score (nSPS) is 10.7. The summed E-state index contributed by atoms with van der Waals surface area (Å²) in [6.07, 6.45) is 7.73. The standard InChI is InChI=1S/C19H21BrN4O2/c20-17-9-4-3-8-16(17)19(26)22-12-5-1-2-10-18(25)24-23-14-15-7-6-11-21-13-15/h3-4,6-9,11,13-14H,1-2,5,10,12H2,(H,22,26)(H,24,25)/b23-14+. The van der Waals surface area contributed by atoms with E-state index in [1.165, 1.54) is 0 Å². The highest BCUT2D eigenvalue weighted by atomic mass is 79.9. The summed E-state index contributed by atoms with van der Waals surface area (Å²) in [5.41, 5.74) is 3.95. The molecule has 7 heteroatoms. The smallest absolute Gasteiger partial charge is 0.252 e. The van der Waals surface area contributed by atoms with Crippen LogP contribution in [0.25, 0.3) is 0 Å². The van der Waals surface area contributed by atoms with Crippen molar-refractivity contribution in [3.8, 4) is 0 Å². The first-order chi connectivity index (χ1) is 12.7. The molecule has 2 N–H and O–H groups in total. The maximum Gasteiger partial charge on any atom is 0.252 e. The van der Waals surface area contributed by atoms with Crippen LogP contribution < -0.4 is 10.7 Å². The van der Waals surface area contributed by atoms with Crippen molar-refractivity contribution in [1.82, 2.24) is 15.7 Å². The lowest BCUT2D eigenvalue weighted by Crippen LogP contribution is -2.24. The van der Waals surface area contributed by atoms with Crippen LogP contribution in [-0.4, -0.2) is 29.6 Å². The second-order valence-electron chi connectivity index (χ2n) is 5.63. The van der Waals surface area contributed by atoms with Crippen molar-refractivity contribution in [1.29, 1.82) is 0 Å². The van der Waals surface area contributed by atoms with Crippen molar-refractivity contribution in [3.63, 3.8) is 0 Å². The third-order valence-corrected chi connectivity index (χ3v) is 4.26. The van der Waals surface area contributed by atoms with Crippen LogP contribution in [0.1, 0.15) is 41.6 Å². The Bertz CT molecular complexity index is 750. The van der Waals surface area contributed by atoms with E-state index in [0.717, 1.165) is 29.3 Å². The number of carbonyl (C=O) groups is 2. The Labute approximate surface area is 161 Å². The molecule has 0 unspecified atom stereocenters. The molecule has 26 heavy (non-hydrogen) atoms. The zero-order valence-corrected chi connectivity index (χ0v) is 15.9. The van der Waals surface area contributed by atoms with E-state index in [2.05, 4.69) is 36.8 Å². The summed E-state index contributed by atoms with van der Waals surface area (Å²) in [5, 5.41) is 6.78. The number of rotatable bonds is 9. The minimum atomic E-state index is -0.123. The summed E-state index contributed by atoms with van der Waals surface area (Å²) < 4.78 is 0.779. The van der Waals surface area contributed by atoms with Crippen molar-refractivity contribution < 1.29 is 9.59 Å². The Hall–Kier alpha value is -2.54. The summed E-state index contributed by atoms with van der Waals surface area (Å²) in [6.45, 7) is 0.584. The summed E-state index contributed by atoms with van der Waals surface area (Å²) in [5.74, 6) is -0.220. The average molecular weight is 417 g/mol. The zero-order valence-electron chi connectivity index (χ0n) is 14.3. The van der Waals surface area contributed by atoms with Gasteiger partial charge in [0.2, 0.25) is 5.91 Å². The maximum absolute atomic E-state index is 12.0. The molecule has 0 fully saturated rings. The van der Waals surface area contributed by atoms with Gasteiger partial charge in [-0.1, -0.05) is 24.6 Å². The molecule has 0 aliphatic rings. The molecule has 2 aromatic rings. The summed E-state index contributed by atoms with van der Waals surface area (Å²) >= 11 is 3.36. The molecule has 0 bridgehead atoms. The van der Waals surface area contributed by atoms with Crippen molar-refractivity contribution in [2.75, 3.05) is 6.54 Å². The van der Waals surface area contributed by atoms with Crippen LogP contribution in [0, 0.1) is 0 Å². The van der Waals surface area contributed by atoms with Gasteiger partial charge >= 0.3 is 0 Å². The molecule has 0 atom stereocenters. The predicted octanol–water partition coefficient (Wildman–Crippen LogP) is 3.28. The van der Waals surface area contributed by atoms with Crippen LogP contribution in [0.15, 0.2) is 58.4 Å². The van der Waals surface area contributed by atoms with Crippen LogP contribution in [0.3, 0.4) is 0 Å². The van der Waals surface area contributed by atoms with E-state index in [4.69, 9.17) is 0 Å². The van der Waals surface area contributed by atoms with Gasteiger partial charge in [-0.05, 0) is 47.0 Å². The van der Waals surface area contributed by atoms with Gasteiger partial charge in [0.15, 0.2) is 0 Å². The first kappa shape index (κ1) is 19.8. The Kier molecular flexibility index (Phi) is 8.48. The highest BCUT2D eigenvalue weighted by molar-refractivity contribution is 9.10. The first-order valence-corrected chi connectivity index (χ1v) is 9.21. The highest BCUT2D eigenvalue weighted by Crippen LogP contribution is 2.15. The zero-order chi connectivity index (χ0) is 18.6. The van der Waals surface area contributed by atoms with E-state index in [1.54, 1.807) is 30.7 Å². The van der Waals surface area contributed by atoms with Crippen LogP contribution in [0.2, 0.25) is 0 Å². The number of hydrazone groups is 1. The van der Waals surface area contributed by atoms with E-state index < -0.39 is 0 Å². The van der Waals surface area contributed by atoms with Crippen molar-refractivity contribution in [2.45, 2.75) is 25.7 Å². The molecule has 0 spiro atoms. The Morgan fingerprint density at radius 2 is 1.96 bits per heavy atom. The minimum Gasteiger partial charge on any atom is -0.352 e. The second kappa shape index (κ2) is 11.1. The third kappa shape index (κ3) is 7.14. The van der Waals surface area contributed by atoms with Gasteiger partial charge in [0.25, 0.3) is 5.91 Å². The molecule has 0 saturated heterocycles. The van der Waals surface area contributed by atoms with Gasteiger partial charge in [-0.15, -0.1) is 0 Å². The molecule has 1 heterocycles. The molecule has 0 radical (unpaired) electrons. The topological polar surface area (TPSA) is 83.5 Å². The molecule has 1 aromatic carbocycles. The Morgan fingerprint density at radius 1 is 1.12 bits per heavy atom. The lowest BCUT2D eigenvalue weighted by molar-refractivity contribution is -0.121. The maximum atomic E-state index is 12.0. The van der Waals surface area contributed by atoms with Crippen LogP contribution in [-0.2, 0) is 4.79 Å². The Balaban J connectivity index is 1.55. The van der Waals surface area contributed by atoms with Crippen molar-refractivity contribution >= 4 is 34.0 Å². The fourth-order valence-corrected chi connectivity index (χ4v) is 2.68. The predicted molar refractivity (Wildman–Crippen MR) is 105 cm³/mol. The number of unbranched alkanes of at least 4 members (excludes halogenated alkanes) is 2. The van der Waals surface area contributed by atoms with Gasteiger partial charge in [-0.25, -0.2) is 5.43 Å². The number of hydrogen-bond donors (Lipinski definition) is 2. The molecule has 0 aliphatic heterocycles. The highest BCUT2D eigenvalue weighted by Gasteiger charge is 2.07. The lowest BCUT2D eigenvalue weighted by Gasteiger charge is -2.06. The van der Waals surface area contributed by atoms with Crippen LogP contribution in [0.4, 0.5) is 0 Å². The van der Waals surface area contributed by atoms with E-state index in [1.807, 2.05) is 24.3 Å². The van der Waals surface area contributed by atoms with Crippen molar-refractivity contribution in [2.24, 2.45) is 5.10 Å². The monoisotopic (exact) mass is 416 g/mol. The molecule has 136 valence electrons. The number of carbonyl (C=O) groups excluding carboxylic acids is 2. The molecule has 6 nitrogen and oxygen atoms in total. The van der Waals surface area contributed by atoms with Gasteiger partial charge in [0.1, 0.15) is 0 Å². The number of aromatic nitrogens is 1. The van der Waals surface area contributed by atoms with E-state index in [9.17, 15) is 9.59 Å². The second-order valence-corrected chi connectivity index (χ2v) is 6.48. The fourth-order valence-electron chi connectivity index (χ4n) is 2.22. The molecule has 1 aromatic heterocycles. The van der Waals surface area contributed by atoms with E-state index in [0.29, 0.717) is 18.5 Å². The summed E-state index contributed by atoms with van der Waals surface area (Å²) in [4.78, 5) is 27.7. The quantitative estimate of drug-likeness (QED) is 0.373. The average Bonchev–Trinajstić information content (AvgIpc) is 2.65. The number of nitrogens with one attached hydrogen (secondary N) is 2. The molecular formula is C19H21BrN4O2.